The minimum atomic E-state index is -0.892. The Labute approximate surface area is 97.4 Å². The largest absolute Gasteiger partial charge is 0.508 e. The van der Waals surface area contributed by atoms with Crippen LogP contribution in [-0.4, -0.2) is 29.3 Å². The number of hydrogen-bond donors (Lipinski definition) is 3. The first kappa shape index (κ1) is 12.6. The van der Waals surface area contributed by atoms with Crippen LogP contribution >= 0.6 is 11.6 Å². The van der Waals surface area contributed by atoms with E-state index in [-0.39, 0.29) is 22.9 Å². The third-order valence-corrected chi connectivity index (χ3v) is 2.39. The van der Waals surface area contributed by atoms with E-state index in [1.165, 1.54) is 19.2 Å². The molecule has 1 atom stereocenters. The van der Waals surface area contributed by atoms with Crippen molar-refractivity contribution in [1.82, 2.24) is 0 Å². The molecule has 0 amide bonds. The Morgan fingerprint density at radius 2 is 2.12 bits per heavy atom. The molecule has 0 aliphatic heterocycles. The van der Waals surface area contributed by atoms with Crippen molar-refractivity contribution in [2.24, 2.45) is 5.73 Å². The Hall–Kier alpha value is -1.46. The molecule has 5 nitrogen and oxygen atoms in total. The molecule has 0 aromatic heterocycles. The normalized spacial score (nSPS) is 12.2. The van der Waals surface area contributed by atoms with Crippen molar-refractivity contribution in [2.75, 3.05) is 7.11 Å². The summed E-state index contributed by atoms with van der Waals surface area (Å²) >= 11 is 5.58. The van der Waals surface area contributed by atoms with Crippen LogP contribution < -0.4 is 5.73 Å². The molecule has 0 aliphatic rings. The van der Waals surface area contributed by atoms with Crippen molar-refractivity contribution in [1.29, 1.82) is 0 Å². The molecule has 88 valence electrons. The average Bonchev–Trinajstić information content (AvgIpc) is 2.24. The molecule has 0 radical (unpaired) electrons. The quantitative estimate of drug-likeness (QED) is 0.541. The van der Waals surface area contributed by atoms with Crippen molar-refractivity contribution in [3.8, 4) is 11.5 Å². The summed E-state index contributed by atoms with van der Waals surface area (Å²) in [5.41, 5.74) is 5.85. The van der Waals surface area contributed by atoms with E-state index in [4.69, 9.17) is 17.3 Å². The zero-order valence-electron chi connectivity index (χ0n) is 8.61. The minimum Gasteiger partial charge on any atom is -0.508 e. The monoisotopic (exact) mass is 245 g/mol. The molecule has 0 saturated carbocycles. The summed E-state index contributed by atoms with van der Waals surface area (Å²) in [5, 5.41) is 18.9. The lowest BCUT2D eigenvalue weighted by Crippen LogP contribution is -2.33. The van der Waals surface area contributed by atoms with Gasteiger partial charge in [-0.15, -0.1) is 0 Å². The van der Waals surface area contributed by atoms with Crippen LogP contribution in [0.2, 0.25) is 5.02 Å². The molecule has 0 heterocycles. The third kappa shape index (κ3) is 2.77. The van der Waals surface area contributed by atoms with E-state index in [1.54, 1.807) is 0 Å². The van der Waals surface area contributed by atoms with Crippen molar-refractivity contribution in [3.63, 3.8) is 0 Å². The number of ether oxygens (including phenoxy) is 1. The van der Waals surface area contributed by atoms with Gasteiger partial charge in [-0.05, 0) is 11.6 Å². The van der Waals surface area contributed by atoms with Gasteiger partial charge in [-0.3, -0.25) is 4.79 Å². The summed E-state index contributed by atoms with van der Waals surface area (Å²) in [7, 11) is 1.22. The Bertz CT molecular complexity index is 408. The zero-order chi connectivity index (χ0) is 12.3. The highest BCUT2D eigenvalue weighted by molar-refractivity contribution is 6.32. The minimum absolute atomic E-state index is 0.0351. The van der Waals surface area contributed by atoms with Crippen LogP contribution in [0.25, 0.3) is 0 Å². The van der Waals surface area contributed by atoms with Crippen LogP contribution in [0, 0.1) is 0 Å². The maximum Gasteiger partial charge on any atom is 0.322 e. The van der Waals surface area contributed by atoms with Crippen LogP contribution in [0.1, 0.15) is 5.56 Å². The topological polar surface area (TPSA) is 92.8 Å². The molecule has 0 fully saturated rings. The van der Waals surface area contributed by atoms with E-state index in [1.807, 2.05) is 0 Å². The van der Waals surface area contributed by atoms with E-state index < -0.39 is 12.0 Å². The van der Waals surface area contributed by atoms with Gasteiger partial charge in [-0.25, -0.2) is 0 Å². The number of esters is 1. The summed E-state index contributed by atoms with van der Waals surface area (Å²) in [4.78, 5) is 11.1. The molecule has 0 unspecified atom stereocenters. The van der Waals surface area contributed by atoms with Crippen molar-refractivity contribution in [2.45, 2.75) is 12.5 Å². The fourth-order valence-electron chi connectivity index (χ4n) is 1.23. The van der Waals surface area contributed by atoms with E-state index in [0.29, 0.717) is 5.56 Å². The van der Waals surface area contributed by atoms with Crippen LogP contribution in [0.3, 0.4) is 0 Å². The first-order valence-corrected chi connectivity index (χ1v) is 4.87. The van der Waals surface area contributed by atoms with Gasteiger partial charge in [-0.1, -0.05) is 11.6 Å². The molecular formula is C10H12ClNO4. The van der Waals surface area contributed by atoms with Crippen molar-refractivity contribution >= 4 is 17.6 Å². The Kier molecular flexibility index (Phi) is 3.98. The molecular weight excluding hydrogens is 234 g/mol. The highest BCUT2D eigenvalue weighted by atomic mass is 35.5. The van der Waals surface area contributed by atoms with Crippen LogP contribution in [0.5, 0.6) is 11.5 Å². The van der Waals surface area contributed by atoms with Gasteiger partial charge in [0.05, 0.1) is 12.1 Å². The summed E-state index contributed by atoms with van der Waals surface area (Å²) in [6.07, 6.45) is 0.0588. The summed E-state index contributed by atoms with van der Waals surface area (Å²) in [6, 6.07) is 1.56. The molecule has 1 aromatic carbocycles. The SMILES string of the molecule is COC(=O)[C@@H](N)Cc1cc(O)c(Cl)cc1O. The number of methoxy groups -OCH3 is 1. The number of carbonyl (C=O) groups is 1. The lowest BCUT2D eigenvalue weighted by Gasteiger charge is -2.11. The van der Waals surface area contributed by atoms with Gasteiger partial charge >= 0.3 is 5.97 Å². The molecule has 16 heavy (non-hydrogen) atoms. The van der Waals surface area contributed by atoms with E-state index in [0.717, 1.165) is 0 Å². The first-order valence-electron chi connectivity index (χ1n) is 4.49. The number of phenols is 2. The van der Waals surface area contributed by atoms with E-state index in [2.05, 4.69) is 4.74 Å². The maximum atomic E-state index is 11.1. The fourth-order valence-corrected chi connectivity index (χ4v) is 1.39. The molecule has 0 saturated heterocycles. The number of phenolic OH excluding ortho intramolecular Hbond substituents is 2. The van der Waals surface area contributed by atoms with Gasteiger partial charge in [0.1, 0.15) is 17.5 Å². The van der Waals surface area contributed by atoms with Gasteiger partial charge in [-0.2, -0.15) is 0 Å². The second kappa shape index (κ2) is 5.05. The van der Waals surface area contributed by atoms with Crippen LogP contribution in [0.15, 0.2) is 12.1 Å². The highest BCUT2D eigenvalue weighted by Gasteiger charge is 2.17. The molecule has 0 aliphatic carbocycles. The molecule has 1 rings (SSSR count). The van der Waals surface area contributed by atoms with Gasteiger partial charge < -0.3 is 20.7 Å². The Morgan fingerprint density at radius 3 is 2.69 bits per heavy atom. The number of carbonyl (C=O) groups excluding carboxylic acids is 1. The Morgan fingerprint density at radius 1 is 1.50 bits per heavy atom. The first-order chi connectivity index (χ1) is 7.45. The summed E-state index contributed by atoms with van der Waals surface area (Å²) in [6.45, 7) is 0. The summed E-state index contributed by atoms with van der Waals surface area (Å²) < 4.78 is 4.44. The number of nitrogens with two attached hydrogens (primary N) is 1. The molecule has 6 heteroatoms. The number of benzene rings is 1. The Balaban J connectivity index is 2.89. The molecule has 0 spiro atoms. The maximum absolute atomic E-state index is 11.1. The van der Waals surface area contributed by atoms with Crippen molar-refractivity contribution in [3.05, 3.63) is 22.7 Å². The van der Waals surface area contributed by atoms with Gasteiger partial charge in [0.25, 0.3) is 0 Å². The lowest BCUT2D eigenvalue weighted by molar-refractivity contribution is -0.142. The van der Waals surface area contributed by atoms with Crippen molar-refractivity contribution < 1.29 is 19.7 Å². The summed E-state index contributed by atoms with van der Waals surface area (Å²) in [5.74, 6) is -0.887. The van der Waals surface area contributed by atoms with E-state index in [9.17, 15) is 15.0 Å². The smallest absolute Gasteiger partial charge is 0.322 e. The number of halogens is 1. The average molecular weight is 246 g/mol. The van der Waals surface area contributed by atoms with Gasteiger partial charge in [0.15, 0.2) is 0 Å². The van der Waals surface area contributed by atoms with Crippen LogP contribution in [-0.2, 0) is 16.0 Å². The second-order valence-electron chi connectivity index (χ2n) is 3.27. The second-order valence-corrected chi connectivity index (χ2v) is 3.67. The zero-order valence-corrected chi connectivity index (χ0v) is 9.36. The standard InChI is InChI=1S/C10H12ClNO4/c1-16-10(15)7(12)2-5-3-9(14)6(11)4-8(5)13/h3-4,7,13-14H,2,12H2,1H3/t7-/m0/s1. The fraction of sp³-hybridized carbons (Fsp3) is 0.300. The lowest BCUT2D eigenvalue weighted by atomic mass is 10.1. The highest BCUT2D eigenvalue weighted by Crippen LogP contribution is 2.31. The third-order valence-electron chi connectivity index (χ3n) is 2.09. The number of rotatable bonds is 3. The number of aromatic hydroxyl groups is 2. The molecule has 0 bridgehead atoms. The van der Waals surface area contributed by atoms with E-state index >= 15 is 0 Å². The molecule has 1 aromatic rings. The van der Waals surface area contributed by atoms with Gasteiger partial charge in [0.2, 0.25) is 0 Å². The number of hydrogen-bond acceptors (Lipinski definition) is 5. The van der Waals surface area contributed by atoms with Gasteiger partial charge in [0, 0.05) is 12.5 Å². The predicted octanol–water partition coefficient (Wildman–Crippen LogP) is 0.794. The predicted molar refractivity (Wildman–Crippen MR) is 58.5 cm³/mol. The van der Waals surface area contributed by atoms with Crippen LogP contribution in [0.4, 0.5) is 0 Å². The molecule has 4 N–H and O–H groups in total.